The maximum atomic E-state index is 11.3. The third-order valence-corrected chi connectivity index (χ3v) is 3.11. The topological polar surface area (TPSA) is 39.4 Å². The van der Waals surface area contributed by atoms with Crippen molar-refractivity contribution in [3.63, 3.8) is 0 Å². The smallest absolute Gasteiger partial charge is 0.337 e. The van der Waals surface area contributed by atoms with E-state index in [0.29, 0.717) is 5.56 Å². The van der Waals surface area contributed by atoms with Gasteiger partial charge in [0.1, 0.15) is 0 Å². The summed E-state index contributed by atoms with van der Waals surface area (Å²) in [5.41, 5.74) is 2.48. The first-order chi connectivity index (χ1) is 8.70. The number of carbonyl (C=O) groups excluding carboxylic acids is 1. The van der Waals surface area contributed by atoms with E-state index in [1.165, 1.54) is 7.11 Å². The van der Waals surface area contributed by atoms with Gasteiger partial charge in [0.25, 0.3) is 0 Å². The fourth-order valence-electron chi connectivity index (χ4n) is 1.46. The molecular formula is C14H11BrO3. The molecule has 0 saturated carbocycles. The Bertz CT molecular complexity index is 553. The largest absolute Gasteiger partial charge is 0.472 e. The van der Waals surface area contributed by atoms with Crippen LogP contribution in [0.25, 0.3) is 10.6 Å². The summed E-state index contributed by atoms with van der Waals surface area (Å²) < 4.78 is 10.6. The fraction of sp³-hybridized carbons (Fsp3) is 0.0714. The minimum absolute atomic E-state index is 0.334. The first-order valence-electron chi connectivity index (χ1n) is 5.29. The van der Waals surface area contributed by atoms with Crippen LogP contribution in [0.15, 0.2) is 47.3 Å². The molecule has 1 heterocycles. The van der Waals surface area contributed by atoms with E-state index in [1.807, 2.05) is 24.3 Å². The van der Waals surface area contributed by atoms with Crippen molar-refractivity contribution in [1.82, 2.24) is 0 Å². The Morgan fingerprint density at radius 3 is 2.50 bits per heavy atom. The molecule has 0 saturated heterocycles. The van der Waals surface area contributed by atoms with E-state index in [4.69, 9.17) is 4.42 Å². The van der Waals surface area contributed by atoms with E-state index in [0.717, 1.165) is 15.6 Å². The van der Waals surface area contributed by atoms with Crippen molar-refractivity contribution in [1.29, 1.82) is 0 Å². The van der Waals surface area contributed by atoms with E-state index < -0.39 is 0 Å². The van der Waals surface area contributed by atoms with Gasteiger partial charge in [-0.05, 0) is 29.8 Å². The lowest BCUT2D eigenvalue weighted by Gasteiger charge is -2.00. The van der Waals surface area contributed by atoms with Crippen LogP contribution in [0.5, 0.6) is 0 Å². The number of ether oxygens (including phenoxy) is 1. The number of halogens is 1. The summed E-state index contributed by atoms with van der Waals surface area (Å²) in [5, 5.41) is 0. The zero-order valence-electron chi connectivity index (χ0n) is 9.72. The Labute approximate surface area is 113 Å². The first-order valence-corrected chi connectivity index (χ1v) is 6.08. The monoisotopic (exact) mass is 306 g/mol. The van der Waals surface area contributed by atoms with Gasteiger partial charge in [-0.3, -0.25) is 0 Å². The van der Waals surface area contributed by atoms with E-state index >= 15 is 0 Å². The Balaban J connectivity index is 2.20. The van der Waals surface area contributed by atoms with Gasteiger partial charge in [0.05, 0.1) is 25.2 Å². The Morgan fingerprint density at radius 2 is 1.94 bits per heavy atom. The fourth-order valence-corrected chi connectivity index (χ4v) is 1.95. The lowest BCUT2D eigenvalue weighted by molar-refractivity contribution is 0.0601. The predicted octanol–water partition coefficient (Wildman–Crippen LogP) is 3.96. The molecule has 1 aromatic carbocycles. The van der Waals surface area contributed by atoms with E-state index in [9.17, 15) is 4.79 Å². The van der Waals surface area contributed by atoms with E-state index in [-0.39, 0.29) is 5.97 Å². The molecule has 2 aromatic rings. The van der Waals surface area contributed by atoms with Gasteiger partial charge < -0.3 is 9.15 Å². The third kappa shape index (κ3) is 2.90. The van der Waals surface area contributed by atoms with Crippen LogP contribution in [0.2, 0.25) is 0 Å². The average Bonchev–Trinajstić information content (AvgIpc) is 2.92. The molecule has 1 aromatic heterocycles. The summed E-state index contributed by atoms with van der Waals surface area (Å²) in [7, 11) is 1.37. The van der Waals surface area contributed by atoms with Gasteiger partial charge in [0.15, 0.2) is 0 Å². The van der Waals surface area contributed by atoms with Crippen LogP contribution >= 0.6 is 15.9 Å². The van der Waals surface area contributed by atoms with Crippen molar-refractivity contribution in [2.75, 3.05) is 7.11 Å². The van der Waals surface area contributed by atoms with Gasteiger partial charge in [0.2, 0.25) is 0 Å². The van der Waals surface area contributed by atoms with E-state index in [1.54, 1.807) is 24.7 Å². The highest BCUT2D eigenvalue weighted by Crippen LogP contribution is 2.24. The molecule has 0 bridgehead atoms. The zero-order chi connectivity index (χ0) is 13.0. The third-order valence-electron chi connectivity index (χ3n) is 2.42. The molecule has 0 aliphatic heterocycles. The normalized spacial score (nSPS) is 11.3. The number of furan rings is 1. The lowest BCUT2D eigenvalue weighted by Crippen LogP contribution is -2.00. The summed E-state index contributed by atoms with van der Waals surface area (Å²) in [6.07, 6.45) is 5.22. The van der Waals surface area contributed by atoms with Crippen molar-refractivity contribution in [3.8, 4) is 0 Å². The number of esters is 1. The number of rotatable bonds is 3. The molecular weight excluding hydrogens is 296 g/mol. The summed E-state index contributed by atoms with van der Waals surface area (Å²) >= 11 is 3.47. The molecule has 0 spiro atoms. The van der Waals surface area contributed by atoms with Crippen LogP contribution in [-0.4, -0.2) is 13.1 Å². The Hall–Kier alpha value is -1.81. The molecule has 2 rings (SSSR count). The van der Waals surface area contributed by atoms with Crippen LogP contribution in [0, 0.1) is 0 Å². The summed E-state index contributed by atoms with van der Waals surface area (Å²) in [6.45, 7) is 0. The molecule has 0 N–H and O–H groups in total. The van der Waals surface area contributed by atoms with Crippen molar-refractivity contribution < 1.29 is 13.9 Å². The van der Waals surface area contributed by atoms with Crippen LogP contribution in [0.4, 0.5) is 0 Å². The Kier molecular flexibility index (Phi) is 3.99. The maximum Gasteiger partial charge on any atom is 0.337 e. The zero-order valence-corrected chi connectivity index (χ0v) is 11.3. The van der Waals surface area contributed by atoms with E-state index in [2.05, 4.69) is 20.7 Å². The molecule has 4 heteroatoms. The highest BCUT2D eigenvalue weighted by molar-refractivity contribution is 9.15. The molecule has 0 radical (unpaired) electrons. The summed E-state index contributed by atoms with van der Waals surface area (Å²) in [6, 6.07) is 9.03. The molecule has 0 unspecified atom stereocenters. The molecule has 0 atom stereocenters. The average molecular weight is 307 g/mol. The molecule has 0 aliphatic carbocycles. The van der Waals surface area contributed by atoms with Gasteiger partial charge in [-0.15, -0.1) is 0 Å². The summed E-state index contributed by atoms with van der Waals surface area (Å²) in [5.74, 6) is -0.334. The molecule has 0 amide bonds. The molecule has 0 fully saturated rings. The highest BCUT2D eigenvalue weighted by Gasteiger charge is 2.04. The molecule has 18 heavy (non-hydrogen) atoms. The summed E-state index contributed by atoms with van der Waals surface area (Å²) in [4.78, 5) is 11.3. The standard InChI is InChI=1S/C14H11BrO3/c1-17-14(16)11-4-2-10(3-5-11)8-13(15)12-6-7-18-9-12/h2-9H,1H3/b13-8-. The van der Waals surface area contributed by atoms with Gasteiger partial charge in [-0.2, -0.15) is 0 Å². The number of carbonyl (C=O) groups is 1. The number of methoxy groups -OCH3 is 1. The SMILES string of the molecule is COC(=O)c1ccc(/C=C(\Br)c2ccoc2)cc1. The maximum absolute atomic E-state index is 11.3. The minimum Gasteiger partial charge on any atom is -0.472 e. The number of benzene rings is 1. The van der Waals surface area contributed by atoms with Gasteiger partial charge in [0, 0.05) is 10.0 Å². The molecule has 92 valence electrons. The Morgan fingerprint density at radius 1 is 1.22 bits per heavy atom. The van der Waals surface area contributed by atoms with Crippen LogP contribution in [-0.2, 0) is 4.74 Å². The number of hydrogen-bond acceptors (Lipinski definition) is 3. The van der Waals surface area contributed by atoms with Crippen molar-refractivity contribution in [2.24, 2.45) is 0 Å². The van der Waals surface area contributed by atoms with Gasteiger partial charge in [-0.25, -0.2) is 4.79 Å². The van der Waals surface area contributed by atoms with Crippen LogP contribution in [0.1, 0.15) is 21.5 Å². The molecule has 3 nitrogen and oxygen atoms in total. The lowest BCUT2D eigenvalue weighted by atomic mass is 10.1. The molecule has 0 aliphatic rings. The van der Waals surface area contributed by atoms with Gasteiger partial charge in [-0.1, -0.05) is 28.1 Å². The van der Waals surface area contributed by atoms with Crippen molar-refractivity contribution in [3.05, 3.63) is 59.5 Å². The minimum atomic E-state index is -0.334. The second-order valence-corrected chi connectivity index (χ2v) is 4.47. The van der Waals surface area contributed by atoms with Crippen LogP contribution in [0.3, 0.4) is 0 Å². The van der Waals surface area contributed by atoms with Crippen LogP contribution < -0.4 is 0 Å². The second-order valence-electron chi connectivity index (χ2n) is 3.62. The quantitative estimate of drug-likeness (QED) is 0.806. The van der Waals surface area contributed by atoms with Crippen molar-refractivity contribution in [2.45, 2.75) is 0 Å². The second kappa shape index (κ2) is 5.69. The van der Waals surface area contributed by atoms with Crippen molar-refractivity contribution >= 4 is 32.5 Å². The predicted molar refractivity (Wildman–Crippen MR) is 73.3 cm³/mol. The van der Waals surface area contributed by atoms with Gasteiger partial charge >= 0.3 is 5.97 Å². The highest BCUT2D eigenvalue weighted by atomic mass is 79.9. The first kappa shape index (κ1) is 12.6. The number of hydrogen-bond donors (Lipinski definition) is 0.